The molecule has 0 aliphatic heterocycles. The highest BCUT2D eigenvalue weighted by Crippen LogP contribution is 2.31. The molecule has 0 atom stereocenters. The topological polar surface area (TPSA) is 61.5 Å². The summed E-state index contributed by atoms with van der Waals surface area (Å²) in [6.45, 7) is 4.10. The maximum atomic E-state index is 10.8. The third-order valence-electron chi connectivity index (χ3n) is 3.21. The van der Waals surface area contributed by atoms with Gasteiger partial charge in [0.25, 0.3) is 0 Å². The van der Waals surface area contributed by atoms with E-state index < -0.39 is 0 Å². The van der Waals surface area contributed by atoms with E-state index in [2.05, 4.69) is 22.1 Å². The molecule has 1 aliphatic carbocycles. The first-order chi connectivity index (χ1) is 7.74. The zero-order valence-electron chi connectivity index (χ0n) is 9.37. The normalized spacial score (nSPS) is 25.8. The third-order valence-corrected chi connectivity index (χ3v) is 4.12. The van der Waals surface area contributed by atoms with Gasteiger partial charge in [0.2, 0.25) is 0 Å². The summed E-state index contributed by atoms with van der Waals surface area (Å²) in [4.78, 5) is 13.4. The third kappa shape index (κ3) is 3.40. The molecule has 1 aromatic rings. The van der Waals surface area contributed by atoms with Gasteiger partial charge in [0.05, 0.1) is 0 Å². The zero-order chi connectivity index (χ0) is 11.4. The van der Waals surface area contributed by atoms with E-state index in [0.29, 0.717) is 11.1 Å². The number of nitrogens with zero attached hydrogens (tertiary/aromatic N) is 1. The van der Waals surface area contributed by atoms with Crippen molar-refractivity contribution in [2.75, 3.05) is 5.75 Å². The summed E-state index contributed by atoms with van der Waals surface area (Å²) in [5, 5.41) is 6.95. The monoisotopic (exact) mass is 240 g/mol. The maximum absolute atomic E-state index is 10.8. The van der Waals surface area contributed by atoms with Crippen LogP contribution in [0.4, 0.5) is 0 Å². The lowest BCUT2D eigenvalue weighted by molar-refractivity contribution is 0.303. The summed E-state index contributed by atoms with van der Waals surface area (Å²) < 4.78 is 0. The minimum absolute atomic E-state index is 0.222. The van der Waals surface area contributed by atoms with Crippen LogP contribution in [0, 0.1) is 18.8 Å². The molecule has 16 heavy (non-hydrogen) atoms. The standard InChI is InChI=1S/C11H18N3OS/c1-8-2-4-9(5-3-8)6-7-16-11-12-10(15)13-14-11/h8-9H,1-7H2,(H2,12,13,14,15)/t8-,9+. The van der Waals surface area contributed by atoms with E-state index in [9.17, 15) is 4.79 Å². The molecule has 0 spiro atoms. The first kappa shape index (κ1) is 11.8. The van der Waals surface area contributed by atoms with E-state index in [0.717, 1.165) is 11.7 Å². The van der Waals surface area contributed by atoms with Crippen LogP contribution < -0.4 is 5.69 Å². The number of aromatic nitrogens is 3. The second-order valence-corrected chi connectivity index (χ2v) is 5.59. The van der Waals surface area contributed by atoms with Gasteiger partial charge in [-0.3, -0.25) is 4.98 Å². The molecule has 1 saturated carbocycles. The van der Waals surface area contributed by atoms with Gasteiger partial charge in [0, 0.05) is 5.75 Å². The predicted molar refractivity (Wildman–Crippen MR) is 65.4 cm³/mol. The Morgan fingerprint density at radius 3 is 2.75 bits per heavy atom. The maximum Gasteiger partial charge on any atom is 0.341 e. The molecule has 1 aliphatic rings. The van der Waals surface area contributed by atoms with Gasteiger partial charge in [-0.2, -0.15) is 0 Å². The van der Waals surface area contributed by atoms with Crippen molar-refractivity contribution in [1.82, 2.24) is 15.2 Å². The molecule has 0 saturated heterocycles. The second kappa shape index (κ2) is 5.57. The number of H-pyrrole nitrogens is 2. The van der Waals surface area contributed by atoms with Crippen LogP contribution in [0.25, 0.3) is 0 Å². The van der Waals surface area contributed by atoms with Crippen molar-refractivity contribution in [1.29, 1.82) is 0 Å². The van der Waals surface area contributed by atoms with E-state index in [1.54, 1.807) is 11.8 Å². The van der Waals surface area contributed by atoms with Crippen LogP contribution in [0.2, 0.25) is 0 Å². The molecule has 0 amide bonds. The van der Waals surface area contributed by atoms with Crippen LogP contribution in [0.3, 0.4) is 0 Å². The van der Waals surface area contributed by atoms with E-state index in [1.165, 1.54) is 32.1 Å². The van der Waals surface area contributed by atoms with Gasteiger partial charge in [-0.1, -0.05) is 44.4 Å². The SMILES string of the molecule is [CH2][C@H]1CC[C@@H](CCSc2n[nH]c(=O)[nH]2)CC1. The van der Waals surface area contributed by atoms with Crippen molar-refractivity contribution < 1.29 is 0 Å². The van der Waals surface area contributed by atoms with Crippen LogP contribution in [0.15, 0.2) is 9.95 Å². The molecule has 2 rings (SSSR count). The Kier molecular flexibility index (Phi) is 4.09. The van der Waals surface area contributed by atoms with Gasteiger partial charge in [-0.25, -0.2) is 9.89 Å². The van der Waals surface area contributed by atoms with Gasteiger partial charge in [0.15, 0.2) is 5.16 Å². The second-order valence-electron chi connectivity index (χ2n) is 4.51. The minimum atomic E-state index is -0.222. The molecule has 0 unspecified atom stereocenters. The number of rotatable bonds is 4. The molecule has 0 aromatic carbocycles. The van der Waals surface area contributed by atoms with Gasteiger partial charge >= 0.3 is 5.69 Å². The Morgan fingerprint density at radius 1 is 1.38 bits per heavy atom. The molecule has 1 aromatic heterocycles. The predicted octanol–water partition coefficient (Wildman–Crippen LogP) is 2.22. The lowest BCUT2D eigenvalue weighted by Crippen LogP contribution is -2.13. The Labute approximate surface area is 99.6 Å². The van der Waals surface area contributed by atoms with Gasteiger partial charge in [-0.15, -0.1) is 5.10 Å². The smallest absolute Gasteiger partial charge is 0.284 e. The highest BCUT2D eigenvalue weighted by atomic mass is 32.2. The highest BCUT2D eigenvalue weighted by molar-refractivity contribution is 7.99. The fraction of sp³-hybridized carbons (Fsp3) is 0.727. The Balaban J connectivity index is 1.66. The first-order valence-electron chi connectivity index (χ1n) is 5.84. The number of nitrogens with one attached hydrogen (secondary N) is 2. The Bertz CT molecular complexity index is 365. The van der Waals surface area contributed by atoms with Crippen LogP contribution in [-0.4, -0.2) is 20.9 Å². The zero-order valence-corrected chi connectivity index (χ0v) is 10.2. The number of hydrogen-bond acceptors (Lipinski definition) is 3. The minimum Gasteiger partial charge on any atom is -0.284 e. The summed E-state index contributed by atoms with van der Waals surface area (Å²) in [6.07, 6.45) is 6.38. The Morgan fingerprint density at radius 2 is 2.12 bits per heavy atom. The molecular formula is C11H18N3OS. The van der Waals surface area contributed by atoms with Crippen molar-refractivity contribution in [2.45, 2.75) is 37.3 Å². The highest BCUT2D eigenvalue weighted by Gasteiger charge is 2.17. The molecule has 4 nitrogen and oxygen atoms in total. The van der Waals surface area contributed by atoms with Crippen LogP contribution in [-0.2, 0) is 0 Å². The molecule has 1 heterocycles. The summed E-state index contributed by atoms with van der Waals surface area (Å²) in [5.41, 5.74) is -0.222. The summed E-state index contributed by atoms with van der Waals surface area (Å²) >= 11 is 1.62. The summed E-state index contributed by atoms with van der Waals surface area (Å²) in [7, 11) is 0. The molecule has 1 radical (unpaired) electrons. The van der Waals surface area contributed by atoms with Crippen molar-refractivity contribution in [3.05, 3.63) is 17.4 Å². The number of thioether (sulfide) groups is 1. The lowest BCUT2D eigenvalue weighted by Gasteiger charge is -2.25. The van der Waals surface area contributed by atoms with E-state index in [-0.39, 0.29) is 5.69 Å². The summed E-state index contributed by atoms with van der Waals surface area (Å²) in [6, 6.07) is 0. The van der Waals surface area contributed by atoms with Gasteiger partial charge < -0.3 is 0 Å². The van der Waals surface area contributed by atoms with Crippen molar-refractivity contribution in [2.24, 2.45) is 11.8 Å². The summed E-state index contributed by atoms with van der Waals surface area (Å²) in [5.74, 6) is 2.55. The van der Waals surface area contributed by atoms with Gasteiger partial charge in [-0.05, 0) is 18.3 Å². The molecule has 1 fully saturated rings. The van der Waals surface area contributed by atoms with E-state index in [1.807, 2.05) is 0 Å². The fourth-order valence-corrected chi connectivity index (χ4v) is 3.08. The molecule has 89 valence electrons. The van der Waals surface area contributed by atoms with Crippen LogP contribution in [0.1, 0.15) is 32.1 Å². The van der Waals surface area contributed by atoms with Crippen LogP contribution >= 0.6 is 11.8 Å². The van der Waals surface area contributed by atoms with Crippen molar-refractivity contribution in [3.63, 3.8) is 0 Å². The van der Waals surface area contributed by atoms with E-state index in [4.69, 9.17) is 0 Å². The van der Waals surface area contributed by atoms with Crippen molar-refractivity contribution in [3.8, 4) is 0 Å². The average Bonchev–Trinajstić information content (AvgIpc) is 2.67. The fourth-order valence-electron chi connectivity index (χ4n) is 2.17. The van der Waals surface area contributed by atoms with Crippen LogP contribution in [0.5, 0.6) is 0 Å². The molecular weight excluding hydrogens is 222 g/mol. The van der Waals surface area contributed by atoms with Crippen molar-refractivity contribution >= 4 is 11.8 Å². The first-order valence-corrected chi connectivity index (χ1v) is 6.83. The molecule has 0 bridgehead atoms. The molecule has 5 heteroatoms. The average molecular weight is 240 g/mol. The quantitative estimate of drug-likeness (QED) is 0.793. The Hall–Kier alpha value is -0.710. The van der Waals surface area contributed by atoms with Gasteiger partial charge in [0.1, 0.15) is 0 Å². The van der Waals surface area contributed by atoms with E-state index >= 15 is 0 Å². The lowest BCUT2D eigenvalue weighted by atomic mass is 9.82. The number of aromatic amines is 2. The largest absolute Gasteiger partial charge is 0.341 e. The molecule has 2 N–H and O–H groups in total. The number of hydrogen-bond donors (Lipinski definition) is 2.